The van der Waals surface area contributed by atoms with Crippen LogP contribution < -0.4 is 15.4 Å². The summed E-state index contributed by atoms with van der Waals surface area (Å²) in [6.07, 6.45) is 1.57. The predicted molar refractivity (Wildman–Crippen MR) is 99.9 cm³/mol. The molecule has 0 spiro atoms. The summed E-state index contributed by atoms with van der Waals surface area (Å²) in [6, 6.07) is 17.8. The minimum atomic E-state index is -0.227. The van der Waals surface area contributed by atoms with Crippen molar-refractivity contribution in [2.45, 2.75) is 0 Å². The summed E-state index contributed by atoms with van der Waals surface area (Å²) in [6.45, 7) is 0. The van der Waals surface area contributed by atoms with Gasteiger partial charge in [0.15, 0.2) is 0 Å². The first-order chi connectivity index (χ1) is 12.2. The van der Waals surface area contributed by atoms with Gasteiger partial charge in [0.05, 0.1) is 17.8 Å². The topological polar surface area (TPSA) is 63.2 Å². The smallest absolute Gasteiger partial charge is 0.255 e. The number of carbonyl (C=O) groups is 1. The molecule has 1 aromatic heterocycles. The van der Waals surface area contributed by atoms with Crippen LogP contribution in [0.4, 0.5) is 17.2 Å². The Bertz CT molecular complexity index is 882. The lowest BCUT2D eigenvalue weighted by atomic mass is 10.2. The van der Waals surface area contributed by atoms with Gasteiger partial charge < -0.3 is 15.4 Å². The van der Waals surface area contributed by atoms with Crippen molar-refractivity contribution in [2.24, 2.45) is 0 Å². The zero-order chi connectivity index (χ0) is 17.6. The zero-order valence-corrected chi connectivity index (χ0v) is 14.2. The summed E-state index contributed by atoms with van der Waals surface area (Å²) in [5, 5.41) is 6.52. The maximum absolute atomic E-state index is 12.4. The number of carbonyl (C=O) groups excluding carboxylic acids is 1. The predicted octanol–water partition coefficient (Wildman–Crippen LogP) is 4.74. The van der Waals surface area contributed by atoms with Crippen molar-refractivity contribution in [1.29, 1.82) is 0 Å². The van der Waals surface area contributed by atoms with E-state index in [1.165, 1.54) is 0 Å². The number of pyridine rings is 1. The Labute approximate surface area is 150 Å². The van der Waals surface area contributed by atoms with Crippen molar-refractivity contribution in [1.82, 2.24) is 4.98 Å². The number of benzene rings is 2. The molecule has 2 N–H and O–H groups in total. The molecule has 0 atom stereocenters. The highest BCUT2D eigenvalue weighted by molar-refractivity contribution is 6.33. The molecule has 126 valence electrons. The monoisotopic (exact) mass is 353 g/mol. The molecule has 0 aliphatic heterocycles. The lowest BCUT2D eigenvalue weighted by Crippen LogP contribution is -2.12. The third-order valence-electron chi connectivity index (χ3n) is 3.51. The van der Waals surface area contributed by atoms with Crippen LogP contribution in [0, 0.1) is 0 Å². The second-order valence-corrected chi connectivity index (χ2v) is 5.62. The molecule has 0 bridgehead atoms. The van der Waals surface area contributed by atoms with Gasteiger partial charge in [0.25, 0.3) is 5.91 Å². The van der Waals surface area contributed by atoms with E-state index in [4.69, 9.17) is 16.3 Å². The first-order valence-corrected chi connectivity index (χ1v) is 7.96. The average molecular weight is 354 g/mol. The fourth-order valence-corrected chi connectivity index (χ4v) is 2.40. The number of anilines is 3. The van der Waals surface area contributed by atoms with Gasteiger partial charge in [-0.2, -0.15) is 0 Å². The van der Waals surface area contributed by atoms with E-state index in [0.717, 1.165) is 11.4 Å². The van der Waals surface area contributed by atoms with Crippen LogP contribution in [0.15, 0.2) is 66.9 Å². The number of amides is 1. The van der Waals surface area contributed by atoms with Gasteiger partial charge in [-0.05, 0) is 48.5 Å². The van der Waals surface area contributed by atoms with Gasteiger partial charge in [0.2, 0.25) is 0 Å². The Morgan fingerprint density at radius 2 is 1.84 bits per heavy atom. The van der Waals surface area contributed by atoms with E-state index in [0.29, 0.717) is 22.1 Å². The van der Waals surface area contributed by atoms with E-state index in [1.54, 1.807) is 55.8 Å². The number of hydrogen-bond acceptors (Lipinski definition) is 4. The van der Waals surface area contributed by atoms with Gasteiger partial charge in [-0.25, -0.2) is 4.98 Å². The van der Waals surface area contributed by atoms with Crippen LogP contribution in [-0.2, 0) is 0 Å². The highest BCUT2D eigenvalue weighted by Crippen LogP contribution is 2.24. The summed E-state index contributed by atoms with van der Waals surface area (Å²) in [5.74, 6) is 1.04. The fraction of sp³-hybridized carbons (Fsp3) is 0.0526. The quantitative estimate of drug-likeness (QED) is 0.695. The number of nitrogens with zero attached hydrogens (tertiary/aromatic N) is 1. The molecule has 6 heteroatoms. The van der Waals surface area contributed by atoms with Gasteiger partial charge in [-0.1, -0.05) is 23.7 Å². The van der Waals surface area contributed by atoms with Crippen molar-refractivity contribution >= 4 is 34.7 Å². The molecule has 25 heavy (non-hydrogen) atoms. The molecule has 0 aliphatic rings. The number of halogens is 1. The van der Waals surface area contributed by atoms with Gasteiger partial charge in [-0.15, -0.1) is 0 Å². The molecule has 1 heterocycles. The Morgan fingerprint density at radius 1 is 1.08 bits per heavy atom. The SMILES string of the molecule is COc1ccc(NC(=O)c2ccnc(Nc3ccccc3Cl)c2)cc1. The molecule has 2 aromatic carbocycles. The van der Waals surface area contributed by atoms with Crippen molar-refractivity contribution in [2.75, 3.05) is 17.7 Å². The van der Waals surface area contributed by atoms with Crippen molar-refractivity contribution in [3.63, 3.8) is 0 Å². The van der Waals surface area contributed by atoms with E-state index < -0.39 is 0 Å². The van der Waals surface area contributed by atoms with Crippen molar-refractivity contribution in [3.05, 3.63) is 77.4 Å². The average Bonchev–Trinajstić information content (AvgIpc) is 2.64. The minimum absolute atomic E-state index is 0.227. The van der Waals surface area contributed by atoms with E-state index in [1.807, 2.05) is 18.2 Å². The van der Waals surface area contributed by atoms with Crippen molar-refractivity contribution in [3.8, 4) is 5.75 Å². The van der Waals surface area contributed by atoms with Crippen LogP contribution in [0.2, 0.25) is 5.02 Å². The van der Waals surface area contributed by atoms with Crippen LogP contribution in [-0.4, -0.2) is 18.0 Å². The second-order valence-electron chi connectivity index (χ2n) is 5.22. The molecule has 3 aromatic rings. The number of methoxy groups -OCH3 is 1. The van der Waals surface area contributed by atoms with Gasteiger partial charge in [0.1, 0.15) is 11.6 Å². The Morgan fingerprint density at radius 3 is 2.56 bits per heavy atom. The molecule has 0 saturated carbocycles. The summed E-state index contributed by atoms with van der Waals surface area (Å²) < 4.78 is 5.10. The van der Waals surface area contributed by atoms with Crippen LogP contribution in [0.25, 0.3) is 0 Å². The van der Waals surface area contributed by atoms with Gasteiger partial charge in [-0.3, -0.25) is 4.79 Å². The van der Waals surface area contributed by atoms with Crippen molar-refractivity contribution < 1.29 is 9.53 Å². The van der Waals surface area contributed by atoms with E-state index in [9.17, 15) is 4.79 Å². The van der Waals surface area contributed by atoms with E-state index in [-0.39, 0.29) is 5.91 Å². The number of para-hydroxylation sites is 1. The van der Waals surface area contributed by atoms with E-state index in [2.05, 4.69) is 15.6 Å². The maximum atomic E-state index is 12.4. The molecular formula is C19H16ClN3O2. The first kappa shape index (κ1) is 16.8. The standard InChI is InChI=1S/C19H16ClN3O2/c1-25-15-8-6-14(7-9-15)22-19(24)13-10-11-21-18(12-13)23-17-5-3-2-4-16(17)20/h2-12H,1H3,(H,21,23)(H,22,24). The van der Waals surface area contributed by atoms with E-state index >= 15 is 0 Å². The highest BCUT2D eigenvalue weighted by Gasteiger charge is 2.08. The number of aromatic nitrogens is 1. The molecule has 1 amide bonds. The first-order valence-electron chi connectivity index (χ1n) is 7.59. The summed E-state index contributed by atoms with van der Waals surface area (Å²) in [7, 11) is 1.60. The summed E-state index contributed by atoms with van der Waals surface area (Å²) >= 11 is 6.13. The fourth-order valence-electron chi connectivity index (χ4n) is 2.22. The molecular weight excluding hydrogens is 338 g/mol. The van der Waals surface area contributed by atoms with Crippen LogP contribution in [0.1, 0.15) is 10.4 Å². The normalized spacial score (nSPS) is 10.2. The summed E-state index contributed by atoms with van der Waals surface area (Å²) in [5.41, 5.74) is 1.90. The van der Waals surface area contributed by atoms with Gasteiger partial charge in [0, 0.05) is 17.4 Å². The number of nitrogens with one attached hydrogen (secondary N) is 2. The molecule has 0 unspecified atom stereocenters. The lowest BCUT2D eigenvalue weighted by Gasteiger charge is -2.09. The third-order valence-corrected chi connectivity index (χ3v) is 3.84. The highest BCUT2D eigenvalue weighted by atomic mass is 35.5. The maximum Gasteiger partial charge on any atom is 0.255 e. The number of ether oxygens (including phenoxy) is 1. The third kappa shape index (κ3) is 4.28. The zero-order valence-electron chi connectivity index (χ0n) is 13.5. The van der Waals surface area contributed by atoms with Crippen LogP contribution >= 0.6 is 11.6 Å². The Kier molecular flexibility index (Phi) is 5.16. The molecule has 0 aliphatic carbocycles. The van der Waals surface area contributed by atoms with Crippen LogP contribution in [0.5, 0.6) is 5.75 Å². The van der Waals surface area contributed by atoms with Gasteiger partial charge >= 0.3 is 0 Å². The Balaban J connectivity index is 1.74. The minimum Gasteiger partial charge on any atom is -0.497 e. The number of hydrogen-bond donors (Lipinski definition) is 2. The molecule has 0 radical (unpaired) electrons. The number of rotatable bonds is 5. The molecule has 3 rings (SSSR count). The summed E-state index contributed by atoms with van der Waals surface area (Å²) in [4.78, 5) is 16.6. The molecule has 0 fully saturated rings. The lowest BCUT2D eigenvalue weighted by molar-refractivity contribution is 0.102. The molecule has 0 saturated heterocycles. The molecule has 5 nitrogen and oxygen atoms in total. The Hall–Kier alpha value is -3.05. The van der Waals surface area contributed by atoms with Crippen LogP contribution in [0.3, 0.4) is 0 Å². The second kappa shape index (κ2) is 7.68. The largest absolute Gasteiger partial charge is 0.497 e.